The monoisotopic (exact) mass is 236 g/mol. The van der Waals surface area contributed by atoms with Gasteiger partial charge in [0, 0.05) is 16.3 Å². The summed E-state index contributed by atoms with van der Waals surface area (Å²) in [5, 5.41) is 17.5. The number of nitriles is 1. The first kappa shape index (κ1) is 12.5. The van der Waals surface area contributed by atoms with Gasteiger partial charge in [-0.2, -0.15) is 5.26 Å². The number of carbonyl (C=O) groups is 1. The standard InChI is InChI=1S/C11H12N2O2S/c1-7-5-10(16-4-3-11(14)15)9(6-12)8(2)13-7/h5H,3-4H2,1-2H3,(H,14,15). The highest BCUT2D eigenvalue weighted by molar-refractivity contribution is 7.99. The summed E-state index contributed by atoms with van der Waals surface area (Å²) in [5.41, 5.74) is 2.08. The molecule has 0 aliphatic rings. The summed E-state index contributed by atoms with van der Waals surface area (Å²) in [6, 6.07) is 3.92. The summed E-state index contributed by atoms with van der Waals surface area (Å²) in [4.78, 5) is 15.4. The van der Waals surface area contributed by atoms with E-state index in [2.05, 4.69) is 11.1 Å². The van der Waals surface area contributed by atoms with Gasteiger partial charge in [0.2, 0.25) is 0 Å². The Morgan fingerprint density at radius 2 is 2.31 bits per heavy atom. The van der Waals surface area contributed by atoms with Crippen LogP contribution in [0.4, 0.5) is 0 Å². The van der Waals surface area contributed by atoms with E-state index in [1.165, 1.54) is 11.8 Å². The third-order valence-corrected chi connectivity index (χ3v) is 3.02. The van der Waals surface area contributed by atoms with Crippen molar-refractivity contribution in [3.05, 3.63) is 23.0 Å². The first-order chi connectivity index (χ1) is 7.54. The fourth-order valence-corrected chi connectivity index (χ4v) is 2.38. The van der Waals surface area contributed by atoms with Crippen LogP contribution in [0.2, 0.25) is 0 Å². The number of aliphatic carboxylic acids is 1. The van der Waals surface area contributed by atoms with Gasteiger partial charge in [0.1, 0.15) is 6.07 Å². The van der Waals surface area contributed by atoms with Crippen LogP contribution in [0.15, 0.2) is 11.0 Å². The minimum atomic E-state index is -0.825. The first-order valence-corrected chi connectivity index (χ1v) is 5.76. The molecule has 0 unspecified atom stereocenters. The molecule has 0 fully saturated rings. The molecule has 5 heteroatoms. The predicted molar refractivity (Wildman–Crippen MR) is 61.4 cm³/mol. The fourth-order valence-electron chi connectivity index (χ4n) is 1.29. The number of carboxylic acids is 1. The Morgan fingerprint density at radius 3 is 2.88 bits per heavy atom. The molecular formula is C11H12N2O2S. The van der Waals surface area contributed by atoms with E-state index in [1.54, 1.807) is 6.92 Å². The van der Waals surface area contributed by atoms with Crippen molar-refractivity contribution in [1.82, 2.24) is 4.98 Å². The molecule has 84 valence electrons. The summed E-state index contributed by atoms with van der Waals surface area (Å²) >= 11 is 1.38. The molecule has 0 atom stereocenters. The van der Waals surface area contributed by atoms with Crippen LogP contribution in [-0.4, -0.2) is 21.8 Å². The molecule has 0 amide bonds. The van der Waals surface area contributed by atoms with E-state index in [0.29, 0.717) is 17.0 Å². The fraction of sp³-hybridized carbons (Fsp3) is 0.364. The second-order valence-electron chi connectivity index (χ2n) is 3.33. The van der Waals surface area contributed by atoms with Crippen LogP contribution in [0.5, 0.6) is 0 Å². The molecule has 0 aliphatic carbocycles. The smallest absolute Gasteiger partial charge is 0.304 e. The third kappa shape index (κ3) is 3.24. The number of aryl methyl sites for hydroxylation is 2. The Bertz CT molecular complexity index is 452. The molecule has 1 heterocycles. The van der Waals surface area contributed by atoms with Crippen molar-refractivity contribution in [3.8, 4) is 6.07 Å². The van der Waals surface area contributed by atoms with Gasteiger partial charge in [0.15, 0.2) is 0 Å². The van der Waals surface area contributed by atoms with Gasteiger partial charge in [-0.05, 0) is 19.9 Å². The highest BCUT2D eigenvalue weighted by atomic mass is 32.2. The largest absolute Gasteiger partial charge is 0.481 e. The number of aromatic nitrogens is 1. The van der Waals surface area contributed by atoms with Crippen LogP contribution < -0.4 is 0 Å². The van der Waals surface area contributed by atoms with E-state index in [-0.39, 0.29) is 6.42 Å². The number of rotatable bonds is 4. The lowest BCUT2D eigenvalue weighted by molar-refractivity contribution is -0.136. The summed E-state index contributed by atoms with van der Waals surface area (Å²) in [5.74, 6) is -0.360. The van der Waals surface area contributed by atoms with Gasteiger partial charge in [0.25, 0.3) is 0 Å². The van der Waals surface area contributed by atoms with E-state index in [9.17, 15) is 4.79 Å². The maximum absolute atomic E-state index is 10.4. The highest BCUT2D eigenvalue weighted by Crippen LogP contribution is 2.25. The third-order valence-electron chi connectivity index (χ3n) is 1.98. The molecule has 0 saturated heterocycles. The van der Waals surface area contributed by atoms with E-state index in [0.717, 1.165) is 10.6 Å². The van der Waals surface area contributed by atoms with Crippen molar-refractivity contribution < 1.29 is 9.90 Å². The van der Waals surface area contributed by atoms with Gasteiger partial charge >= 0.3 is 5.97 Å². The van der Waals surface area contributed by atoms with Crippen LogP contribution in [-0.2, 0) is 4.79 Å². The molecule has 0 aliphatic heterocycles. The van der Waals surface area contributed by atoms with E-state index in [4.69, 9.17) is 10.4 Å². The molecule has 1 aromatic heterocycles. The van der Waals surface area contributed by atoms with E-state index >= 15 is 0 Å². The van der Waals surface area contributed by atoms with Crippen molar-refractivity contribution in [2.75, 3.05) is 5.75 Å². The normalized spacial score (nSPS) is 9.81. The lowest BCUT2D eigenvalue weighted by Crippen LogP contribution is -1.98. The van der Waals surface area contributed by atoms with E-state index < -0.39 is 5.97 Å². The zero-order valence-electron chi connectivity index (χ0n) is 9.15. The average Bonchev–Trinajstić information content (AvgIpc) is 2.16. The number of hydrogen-bond donors (Lipinski definition) is 1. The van der Waals surface area contributed by atoms with Gasteiger partial charge in [-0.25, -0.2) is 0 Å². The predicted octanol–water partition coefficient (Wildman–Crippen LogP) is 2.14. The second kappa shape index (κ2) is 5.52. The molecule has 16 heavy (non-hydrogen) atoms. The molecule has 0 aromatic carbocycles. The van der Waals surface area contributed by atoms with Crippen LogP contribution in [0.25, 0.3) is 0 Å². The number of hydrogen-bond acceptors (Lipinski definition) is 4. The Balaban J connectivity index is 2.86. The SMILES string of the molecule is Cc1cc(SCCC(=O)O)c(C#N)c(C)n1. The summed E-state index contributed by atoms with van der Waals surface area (Å²) < 4.78 is 0. The van der Waals surface area contributed by atoms with Gasteiger partial charge in [-0.3, -0.25) is 9.78 Å². The maximum Gasteiger partial charge on any atom is 0.304 e. The molecule has 0 spiro atoms. The molecular weight excluding hydrogens is 224 g/mol. The van der Waals surface area contributed by atoms with Crippen molar-refractivity contribution in [2.24, 2.45) is 0 Å². The summed E-state index contributed by atoms with van der Waals surface area (Å²) in [6.45, 7) is 3.64. The highest BCUT2D eigenvalue weighted by Gasteiger charge is 2.09. The maximum atomic E-state index is 10.4. The molecule has 0 bridgehead atoms. The Morgan fingerprint density at radius 1 is 1.62 bits per heavy atom. The Kier molecular flexibility index (Phi) is 4.32. The molecule has 0 radical (unpaired) electrons. The van der Waals surface area contributed by atoms with Crippen molar-refractivity contribution in [3.63, 3.8) is 0 Å². The van der Waals surface area contributed by atoms with Gasteiger partial charge in [-0.1, -0.05) is 0 Å². The zero-order valence-corrected chi connectivity index (χ0v) is 9.97. The van der Waals surface area contributed by atoms with Crippen LogP contribution >= 0.6 is 11.8 Å². The van der Waals surface area contributed by atoms with Gasteiger partial charge in [0.05, 0.1) is 17.7 Å². The molecule has 1 aromatic rings. The van der Waals surface area contributed by atoms with Crippen molar-refractivity contribution in [1.29, 1.82) is 5.26 Å². The quantitative estimate of drug-likeness (QED) is 0.811. The van der Waals surface area contributed by atoms with Crippen LogP contribution in [0.3, 0.4) is 0 Å². The molecule has 1 rings (SSSR count). The lowest BCUT2D eigenvalue weighted by atomic mass is 10.2. The molecule has 0 saturated carbocycles. The Labute approximate surface area is 98.3 Å². The molecule has 4 nitrogen and oxygen atoms in total. The summed E-state index contributed by atoms with van der Waals surface area (Å²) in [7, 11) is 0. The van der Waals surface area contributed by atoms with E-state index in [1.807, 2.05) is 13.0 Å². The van der Waals surface area contributed by atoms with Crippen molar-refractivity contribution in [2.45, 2.75) is 25.2 Å². The van der Waals surface area contributed by atoms with Crippen LogP contribution in [0.1, 0.15) is 23.4 Å². The number of nitrogens with zero attached hydrogens (tertiary/aromatic N) is 2. The molecule has 1 N–H and O–H groups in total. The number of thioether (sulfide) groups is 1. The van der Waals surface area contributed by atoms with Crippen LogP contribution in [0, 0.1) is 25.2 Å². The Hall–Kier alpha value is -1.54. The number of carboxylic acid groups (broad SMARTS) is 1. The second-order valence-corrected chi connectivity index (χ2v) is 4.46. The minimum absolute atomic E-state index is 0.0932. The topological polar surface area (TPSA) is 74.0 Å². The van der Waals surface area contributed by atoms with Gasteiger partial charge < -0.3 is 5.11 Å². The van der Waals surface area contributed by atoms with Gasteiger partial charge in [-0.15, -0.1) is 11.8 Å². The van der Waals surface area contributed by atoms with Crippen molar-refractivity contribution >= 4 is 17.7 Å². The average molecular weight is 236 g/mol. The number of pyridine rings is 1. The minimum Gasteiger partial charge on any atom is -0.481 e. The zero-order chi connectivity index (χ0) is 12.1. The first-order valence-electron chi connectivity index (χ1n) is 4.77. The lowest BCUT2D eigenvalue weighted by Gasteiger charge is -2.06. The summed E-state index contributed by atoms with van der Waals surface area (Å²) in [6.07, 6.45) is 0.0932.